The molecular weight excluding hydrogens is 690 g/mol. The van der Waals surface area contributed by atoms with Crippen LogP contribution in [-0.2, 0) is 28.9 Å². The van der Waals surface area contributed by atoms with Gasteiger partial charge < -0.3 is 35.2 Å². The summed E-state index contributed by atoms with van der Waals surface area (Å²) in [7, 11) is -5.07. The van der Waals surface area contributed by atoms with Crippen LogP contribution in [0.15, 0.2) is 12.2 Å². The van der Waals surface area contributed by atoms with Gasteiger partial charge in [0.15, 0.2) is 6.29 Å². The standard InChI is InChI=1S/C39H75NO11S/c1-3-5-7-9-11-13-15-16-17-18-19-21-23-25-27-29-35(43)40-32(33(42)28-26-24-22-20-14-12-10-8-6-4-2)31-49-39-37(45)38(51-52(46,47)48)36(44)34(30-41)50-39/h26,28,32-34,36-39,41-42,44-45H,3-25,27,29-31H2,1-2H3,(H,40,43)(H,46,47,48)/b28-26+. The maximum Gasteiger partial charge on any atom is 0.397 e. The molecule has 7 unspecified atom stereocenters. The molecule has 6 N–H and O–H groups in total. The number of ether oxygens (including phenoxy) is 2. The Balaban J connectivity index is 2.57. The van der Waals surface area contributed by atoms with Crippen LogP contribution in [0.1, 0.15) is 174 Å². The van der Waals surface area contributed by atoms with Crippen molar-refractivity contribution in [3.05, 3.63) is 12.2 Å². The predicted molar refractivity (Wildman–Crippen MR) is 204 cm³/mol. The zero-order valence-electron chi connectivity index (χ0n) is 32.4. The Bertz CT molecular complexity index is 999. The van der Waals surface area contributed by atoms with Crippen molar-refractivity contribution in [2.75, 3.05) is 13.2 Å². The van der Waals surface area contributed by atoms with E-state index in [1.807, 2.05) is 6.08 Å². The molecule has 0 saturated carbocycles. The van der Waals surface area contributed by atoms with E-state index in [-0.39, 0.29) is 18.9 Å². The van der Waals surface area contributed by atoms with Crippen molar-refractivity contribution < 1.29 is 51.8 Å². The first-order valence-electron chi connectivity index (χ1n) is 20.6. The lowest BCUT2D eigenvalue weighted by atomic mass is 9.99. The normalized spacial score (nSPS) is 22.2. The maximum absolute atomic E-state index is 12.9. The third-order valence-electron chi connectivity index (χ3n) is 9.82. The highest BCUT2D eigenvalue weighted by atomic mass is 32.3. The molecule has 1 fully saturated rings. The highest BCUT2D eigenvalue weighted by Gasteiger charge is 2.48. The molecule has 1 aliphatic heterocycles. The summed E-state index contributed by atoms with van der Waals surface area (Å²) in [5.41, 5.74) is 0. The van der Waals surface area contributed by atoms with Crippen LogP contribution < -0.4 is 5.32 Å². The molecule has 1 rings (SSSR count). The molecule has 1 heterocycles. The Morgan fingerprint density at radius 2 is 1.21 bits per heavy atom. The van der Waals surface area contributed by atoms with Gasteiger partial charge in [-0.15, -0.1) is 0 Å². The molecule has 52 heavy (non-hydrogen) atoms. The molecular formula is C39H75NO11S. The number of carbonyl (C=O) groups excluding carboxylic acids is 1. The number of hydrogen-bond donors (Lipinski definition) is 6. The minimum absolute atomic E-state index is 0.264. The number of aliphatic hydroxyl groups excluding tert-OH is 4. The van der Waals surface area contributed by atoms with Crippen LogP contribution in [0.3, 0.4) is 0 Å². The number of allylic oxidation sites excluding steroid dienone is 1. The van der Waals surface area contributed by atoms with Crippen molar-refractivity contribution in [1.82, 2.24) is 5.32 Å². The smallest absolute Gasteiger partial charge is 0.394 e. The molecule has 0 aromatic rings. The lowest BCUT2D eigenvalue weighted by Crippen LogP contribution is -2.61. The molecule has 12 nitrogen and oxygen atoms in total. The van der Waals surface area contributed by atoms with Crippen molar-refractivity contribution >= 4 is 16.3 Å². The number of amides is 1. The third-order valence-corrected chi connectivity index (χ3v) is 10.3. The Hall–Kier alpha value is -1.16. The molecule has 0 radical (unpaired) electrons. The molecule has 1 aliphatic rings. The van der Waals surface area contributed by atoms with Crippen molar-refractivity contribution in [2.24, 2.45) is 0 Å². The van der Waals surface area contributed by atoms with Gasteiger partial charge in [-0.1, -0.05) is 161 Å². The quantitative estimate of drug-likeness (QED) is 0.0229. The van der Waals surface area contributed by atoms with Gasteiger partial charge >= 0.3 is 10.4 Å². The number of unbranched alkanes of at least 4 members (excludes halogenated alkanes) is 22. The van der Waals surface area contributed by atoms with Gasteiger partial charge in [0.1, 0.15) is 24.4 Å². The van der Waals surface area contributed by atoms with Crippen molar-refractivity contribution in [3.63, 3.8) is 0 Å². The van der Waals surface area contributed by atoms with E-state index in [0.29, 0.717) is 6.42 Å². The summed E-state index contributed by atoms with van der Waals surface area (Å²) in [4.78, 5) is 12.9. The van der Waals surface area contributed by atoms with E-state index in [2.05, 4.69) is 23.3 Å². The molecule has 308 valence electrons. The number of carbonyl (C=O) groups is 1. The number of nitrogens with one attached hydrogen (secondary N) is 1. The van der Waals surface area contributed by atoms with E-state index in [1.54, 1.807) is 6.08 Å². The Kier molecular flexibility index (Phi) is 29.2. The molecule has 1 saturated heterocycles. The average Bonchev–Trinajstić information content (AvgIpc) is 3.11. The van der Waals surface area contributed by atoms with Gasteiger partial charge in [0.2, 0.25) is 5.91 Å². The maximum atomic E-state index is 12.9. The largest absolute Gasteiger partial charge is 0.397 e. The van der Waals surface area contributed by atoms with Crippen LogP contribution in [0, 0.1) is 0 Å². The van der Waals surface area contributed by atoms with Crippen LogP contribution in [0.5, 0.6) is 0 Å². The minimum atomic E-state index is -5.07. The second kappa shape index (κ2) is 31.1. The molecule has 1 amide bonds. The first-order valence-corrected chi connectivity index (χ1v) is 21.9. The predicted octanol–water partition coefficient (Wildman–Crippen LogP) is 6.82. The topological polar surface area (TPSA) is 192 Å². The first-order chi connectivity index (χ1) is 25.0. The lowest BCUT2D eigenvalue weighted by Gasteiger charge is -2.41. The van der Waals surface area contributed by atoms with Gasteiger partial charge in [-0.3, -0.25) is 9.35 Å². The van der Waals surface area contributed by atoms with Gasteiger partial charge in [0, 0.05) is 6.42 Å². The van der Waals surface area contributed by atoms with Crippen LogP contribution in [0.2, 0.25) is 0 Å². The highest BCUT2D eigenvalue weighted by Crippen LogP contribution is 2.26. The first kappa shape index (κ1) is 48.9. The summed E-state index contributed by atoms with van der Waals surface area (Å²) in [6.45, 7) is 3.34. The van der Waals surface area contributed by atoms with Crippen LogP contribution in [0.4, 0.5) is 0 Å². The fourth-order valence-electron chi connectivity index (χ4n) is 6.57. The van der Waals surface area contributed by atoms with Crippen molar-refractivity contribution in [2.45, 2.75) is 217 Å². The monoisotopic (exact) mass is 766 g/mol. The molecule has 0 bridgehead atoms. The van der Waals surface area contributed by atoms with Crippen LogP contribution in [-0.4, -0.2) is 95.4 Å². The van der Waals surface area contributed by atoms with Gasteiger partial charge in [0.25, 0.3) is 0 Å². The van der Waals surface area contributed by atoms with Crippen molar-refractivity contribution in [1.29, 1.82) is 0 Å². The second-order valence-electron chi connectivity index (χ2n) is 14.6. The molecule has 13 heteroatoms. The van der Waals surface area contributed by atoms with E-state index in [0.717, 1.165) is 38.5 Å². The minimum Gasteiger partial charge on any atom is -0.394 e. The zero-order valence-corrected chi connectivity index (χ0v) is 33.2. The van der Waals surface area contributed by atoms with E-state index in [4.69, 9.17) is 14.0 Å². The summed E-state index contributed by atoms with van der Waals surface area (Å²) < 4.78 is 47.4. The Morgan fingerprint density at radius 3 is 1.67 bits per heavy atom. The Labute approximate surface area is 315 Å². The average molecular weight is 766 g/mol. The summed E-state index contributed by atoms with van der Waals surface area (Å²) in [5.74, 6) is -0.264. The molecule has 0 aromatic heterocycles. The second-order valence-corrected chi connectivity index (χ2v) is 15.6. The van der Waals surface area contributed by atoms with Gasteiger partial charge in [0.05, 0.1) is 25.4 Å². The number of rotatable bonds is 34. The van der Waals surface area contributed by atoms with Gasteiger partial charge in [-0.25, -0.2) is 4.18 Å². The van der Waals surface area contributed by atoms with Crippen LogP contribution >= 0.6 is 0 Å². The lowest BCUT2D eigenvalue weighted by molar-refractivity contribution is -0.298. The SMILES string of the molecule is CCCCCCCCCC/C=C/C(O)C(COC1OC(CO)C(O)C(OS(=O)(=O)O)C1O)NC(=O)CCCCCCCCCCCCCCCCC. The zero-order chi connectivity index (χ0) is 38.5. The number of aliphatic hydroxyl groups is 4. The van der Waals surface area contributed by atoms with Crippen LogP contribution in [0.25, 0.3) is 0 Å². The third kappa shape index (κ3) is 24.3. The van der Waals surface area contributed by atoms with E-state index >= 15 is 0 Å². The molecule has 0 aromatic carbocycles. The molecule has 7 atom stereocenters. The summed E-state index contributed by atoms with van der Waals surface area (Å²) in [5, 5.41) is 44.4. The highest BCUT2D eigenvalue weighted by molar-refractivity contribution is 7.80. The van der Waals surface area contributed by atoms with E-state index in [1.165, 1.54) is 109 Å². The van der Waals surface area contributed by atoms with Gasteiger partial charge in [-0.05, 0) is 19.3 Å². The summed E-state index contributed by atoms with van der Waals surface area (Å²) in [6.07, 6.45) is 22.6. The molecule has 0 aliphatic carbocycles. The van der Waals surface area contributed by atoms with Gasteiger partial charge in [-0.2, -0.15) is 8.42 Å². The van der Waals surface area contributed by atoms with E-state index in [9.17, 15) is 33.6 Å². The fraction of sp³-hybridized carbons (Fsp3) is 0.923. The van der Waals surface area contributed by atoms with E-state index < -0.39 is 59.9 Å². The Morgan fingerprint density at radius 1 is 0.750 bits per heavy atom. The fourth-order valence-corrected chi connectivity index (χ4v) is 7.08. The molecule has 0 spiro atoms. The van der Waals surface area contributed by atoms with Crippen molar-refractivity contribution in [3.8, 4) is 0 Å². The summed E-state index contributed by atoms with van der Waals surface area (Å²) in [6, 6.07) is -0.935. The number of hydrogen-bond acceptors (Lipinski definition) is 10. The summed E-state index contributed by atoms with van der Waals surface area (Å²) >= 11 is 0.